The van der Waals surface area contributed by atoms with Crippen LogP contribution in [0, 0.1) is 0 Å². The number of amides is 2. The number of methoxy groups -OCH3 is 1. The Morgan fingerprint density at radius 2 is 1.62 bits per heavy atom. The number of nitrogens with zero attached hydrogens (tertiary/aromatic N) is 2. The van der Waals surface area contributed by atoms with Crippen molar-refractivity contribution in [1.82, 2.24) is 14.5 Å². The molecule has 0 aliphatic rings. The highest BCUT2D eigenvalue weighted by atomic mass is 32.2. The predicted molar refractivity (Wildman–Crippen MR) is 132 cm³/mol. The number of carbonyl (C=O) groups excluding carboxylic acids is 2. The number of hydrogen-bond acceptors (Lipinski definition) is 5. The Hall–Kier alpha value is -2.91. The zero-order chi connectivity index (χ0) is 25.3. The van der Waals surface area contributed by atoms with Crippen molar-refractivity contribution in [2.24, 2.45) is 0 Å². The second kappa shape index (κ2) is 12.5. The van der Waals surface area contributed by atoms with Crippen LogP contribution in [0.2, 0.25) is 0 Å². The maximum absolute atomic E-state index is 13.2. The quantitative estimate of drug-likeness (QED) is 0.494. The zero-order valence-corrected chi connectivity index (χ0v) is 21.3. The molecule has 8 nitrogen and oxygen atoms in total. The molecule has 0 spiro atoms. The summed E-state index contributed by atoms with van der Waals surface area (Å²) in [6.45, 7) is 5.87. The van der Waals surface area contributed by atoms with Crippen LogP contribution in [0.4, 0.5) is 0 Å². The molecule has 2 amide bonds. The van der Waals surface area contributed by atoms with Crippen molar-refractivity contribution < 1.29 is 22.7 Å². The molecule has 0 aliphatic heterocycles. The van der Waals surface area contributed by atoms with E-state index in [4.69, 9.17) is 4.74 Å². The highest BCUT2D eigenvalue weighted by molar-refractivity contribution is 7.89. The summed E-state index contributed by atoms with van der Waals surface area (Å²) in [5.41, 5.74) is 0.863. The molecule has 2 aromatic rings. The van der Waals surface area contributed by atoms with E-state index >= 15 is 0 Å². The van der Waals surface area contributed by atoms with E-state index in [9.17, 15) is 18.0 Å². The summed E-state index contributed by atoms with van der Waals surface area (Å²) in [5, 5.41) is 2.85. The van der Waals surface area contributed by atoms with Gasteiger partial charge >= 0.3 is 0 Å². The number of ether oxygens (including phenoxy) is 1. The highest BCUT2D eigenvalue weighted by Crippen LogP contribution is 2.17. The fourth-order valence-corrected chi connectivity index (χ4v) is 4.63. The lowest BCUT2D eigenvalue weighted by Gasteiger charge is -2.29. The molecule has 0 saturated heterocycles. The van der Waals surface area contributed by atoms with Crippen molar-refractivity contribution in [2.75, 3.05) is 20.7 Å². The fraction of sp³-hybridized carbons (Fsp3) is 0.440. The average Bonchev–Trinajstić information content (AvgIpc) is 2.82. The van der Waals surface area contributed by atoms with Crippen molar-refractivity contribution in [2.45, 2.75) is 57.1 Å². The summed E-state index contributed by atoms with van der Waals surface area (Å²) in [6.07, 6.45) is 0.448. The standard InChI is InChI=1S/C25H35N3O5S/c1-19(2)26-25(30)20(3)28(18-21-13-15-22(33-5)16-14-21)24(29)12-9-17-27(4)34(31,32)23-10-7-6-8-11-23/h6-8,10-11,13-16,19-20H,9,12,17-18H2,1-5H3,(H,26,30)/t20-/m1/s1. The van der Waals surface area contributed by atoms with E-state index in [2.05, 4.69) is 5.32 Å². The highest BCUT2D eigenvalue weighted by Gasteiger charge is 2.27. The van der Waals surface area contributed by atoms with Crippen molar-refractivity contribution in [3.05, 3.63) is 60.2 Å². The van der Waals surface area contributed by atoms with Crippen LogP contribution < -0.4 is 10.1 Å². The van der Waals surface area contributed by atoms with Gasteiger partial charge in [-0.05, 0) is 57.0 Å². The number of sulfonamides is 1. The largest absolute Gasteiger partial charge is 0.497 e. The fourth-order valence-electron chi connectivity index (χ4n) is 3.40. The lowest BCUT2D eigenvalue weighted by Crippen LogP contribution is -2.49. The minimum Gasteiger partial charge on any atom is -0.497 e. The summed E-state index contributed by atoms with van der Waals surface area (Å²) < 4.78 is 31.8. The Labute approximate surface area is 202 Å². The van der Waals surface area contributed by atoms with E-state index in [1.54, 1.807) is 56.5 Å². The first-order valence-electron chi connectivity index (χ1n) is 11.3. The number of nitrogens with one attached hydrogen (secondary N) is 1. The second-order valence-corrected chi connectivity index (χ2v) is 10.5. The van der Waals surface area contributed by atoms with Gasteiger partial charge in [-0.25, -0.2) is 12.7 Å². The Balaban J connectivity index is 2.08. The number of benzene rings is 2. The molecule has 0 aromatic heterocycles. The van der Waals surface area contributed by atoms with E-state index in [-0.39, 0.29) is 42.3 Å². The van der Waals surface area contributed by atoms with E-state index in [0.717, 1.165) is 5.56 Å². The molecule has 2 rings (SSSR count). The van der Waals surface area contributed by atoms with E-state index in [1.807, 2.05) is 26.0 Å². The molecule has 2 aromatic carbocycles. The summed E-state index contributed by atoms with van der Waals surface area (Å²) in [5.74, 6) is 0.253. The van der Waals surface area contributed by atoms with Gasteiger partial charge in [0.1, 0.15) is 11.8 Å². The maximum atomic E-state index is 13.2. The molecule has 0 unspecified atom stereocenters. The van der Waals surface area contributed by atoms with Crippen molar-refractivity contribution in [3.8, 4) is 5.75 Å². The molecular formula is C25H35N3O5S. The van der Waals surface area contributed by atoms with Crippen LogP contribution in [-0.4, -0.2) is 62.2 Å². The Morgan fingerprint density at radius 1 is 1.00 bits per heavy atom. The number of carbonyl (C=O) groups is 2. The minimum absolute atomic E-state index is 0.0512. The van der Waals surface area contributed by atoms with Gasteiger partial charge < -0.3 is 15.0 Å². The molecule has 9 heteroatoms. The zero-order valence-electron chi connectivity index (χ0n) is 20.5. The minimum atomic E-state index is -3.62. The third-order valence-corrected chi connectivity index (χ3v) is 7.30. The van der Waals surface area contributed by atoms with Gasteiger partial charge in [-0.1, -0.05) is 30.3 Å². The number of rotatable bonds is 12. The molecule has 1 atom stereocenters. The summed E-state index contributed by atoms with van der Waals surface area (Å²) in [7, 11) is -0.541. The first-order valence-corrected chi connectivity index (χ1v) is 12.7. The van der Waals surface area contributed by atoms with Crippen molar-refractivity contribution >= 4 is 21.8 Å². The third-order valence-electron chi connectivity index (χ3n) is 5.43. The van der Waals surface area contributed by atoms with Gasteiger partial charge in [0.25, 0.3) is 0 Å². The first kappa shape index (κ1) is 27.3. The van der Waals surface area contributed by atoms with E-state index in [0.29, 0.717) is 12.2 Å². The molecule has 0 fully saturated rings. The first-order chi connectivity index (χ1) is 16.1. The Kier molecular flexibility index (Phi) is 10.1. The van der Waals surface area contributed by atoms with E-state index < -0.39 is 16.1 Å². The topological polar surface area (TPSA) is 96.0 Å². The third kappa shape index (κ3) is 7.56. The van der Waals surface area contributed by atoms with Crippen molar-refractivity contribution in [3.63, 3.8) is 0 Å². The Morgan fingerprint density at radius 3 is 2.18 bits per heavy atom. The van der Waals surface area contributed by atoms with Crippen LogP contribution in [0.25, 0.3) is 0 Å². The monoisotopic (exact) mass is 489 g/mol. The van der Waals surface area contributed by atoms with Gasteiger partial charge in [-0.3, -0.25) is 9.59 Å². The van der Waals surface area contributed by atoms with Crippen LogP contribution >= 0.6 is 0 Å². The van der Waals surface area contributed by atoms with Crippen LogP contribution in [0.1, 0.15) is 39.2 Å². The lowest BCUT2D eigenvalue weighted by atomic mass is 10.1. The molecule has 0 saturated carbocycles. The van der Waals surface area contributed by atoms with Gasteiger partial charge in [-0.15, -0.1) is 0 Å². The summed E-state index contributed by atoms with van der Waals surface area (Å²) in [4.78, 5) is 27.5. The molecular weight excluding hydrogens is 454 g/mol. The van der Waals surface area contributed by atoms with Gasteiger partial charge in [0, 0.05) is 32.6 Å². The molecule has 1 N–H and O–H groups in total. The lowest BCUT2D eigenvalue weighted by molar-refractivity contribution is -0.140. The Bertz CT molecular complexity index is 1040. The smallest absolute Gasteiger partial charge is 0.242 e. The maximum Gasteiger partial charge on any atom is 0.242 e. The van der Waals surface area contributed by atoms with Gasteiger partial charge in [0.15, 0.2) is 0 Å². The van der Waals surface area contributed by atoms with E-state index in [1.165, 1.54) is 16.3 Å². The average molecular weight is 490 g/mol. The number of hydrogen-bond donors (Lipinski definition) is 1. The summed E-state index contributed by atoms with van der Waals surface area (Å²) >= 11 is 0. The summed E-state index contributed by atoms with van der Waals surface area (Å²) in [6, 6.07) is 14.8. The van der Waals surface area contributed by atoms with Crippen LogP contribution in [0.15, 0.2) is 59.5 Å². The second-order valence-electron chi connectivity index (χ2n) is 8.45. The molecule has 34 heavy (non-hydrogen) atoms. The van der Waals surface area contributed by atoms with Crippen LogP contribution in [-0.2, 0) is 26.2 Å². The molecule has 0 heterocycles. The van der Waals surface area contributed by atoms with Gasteiger partial charge in [0.2, 0.25) is 21.8 Å². The molecule has 0 aliphatic carbocycles. The van der Waals surface area contributed by atoms with Crippen molar-refractivity contribution in [1.29, 1.82) is 0 Å². The molecule has 186 valence electrons. The van der Waals surface area contributed by atoms with Gasteiger partial charge in [-0.2, -0.15) is 0 Å². The molecule has 0 bridgehead atoms. The van der Waals surface area contributed by atoms with Crippen LogP contribution in [0.3, 0.4) is 0 Å². The normalized spacial score (nSPS) is 12.4. The SMILES string of the molecule is COc1ccc(CN(C(=O)CCCN(C)S(=O)(=O)c2ccccc2)[C@H](C)C(=O)NC(C)C)cc1. The predicted octanol–water partition coefficient (Wildman–Crippen LogP) is 3.04. The van der Waals surface area contributed by atoms with Crippen LogP contribution in [0.5, 0.6) is 5.75 Å². The molecule has 0 radical (unpaired) electrons. The van der Waals surface area contributed by atoms with Gasteiger partial charge in [0.05, 0.1) is 12.0 Å².